The molecule has 1 amide bonds. The van der Waals surface area contributed by atoms with Crippen molar-refractivity contribution in [2.75, 3.05) is 6.54 Å². The Kier molecular flexibility index (Phi) is 3.96. The van der Waals surface area contributed by atoms with E-state index in [1.54, 1.807) is 6.07 Å². The highest BCUT2D eigenvalue weighted by molar-refractivity contribution is 6.39. The zero-order valence-corrected chi connectivity index (χ0v) is 12.9. The molecule has 1 heterocycles. The lowest BCUT2D eigenvalue weighted by Gasteiger charge is -2.35. The zero-order valence-electron chi connectivity index (χ0n) is 11.4. The van der Waals surface area contributed by atoms with Crippen LogP contribution in [0.1, 0.15) is 30.9 Å². The average molecular weight is 324 g/mol. The minimum absolute atomic E-state index is 0.203. The third-order valence-corrected chi connectivity index (χ3v) is 4.69. The molecule has 2 aromatic rings. The quantitative estimate of drug-likeness (QED) is 0.768. The van der Waals surface area contributed by atoms with Crippen molar-refractivity contribution in [1.29, 1.82) is 0 Å². The van der Waals surface area contributed by atoms with Crippen molar-refractivity contribution in [2.45, 2.75) is 25.3 Å². The standard InChI is InChI=1S/C16H15Cl2NO2/c17-12-9-13(18)15(11-6-2-1-5-10(11)12)14-7-3-4-8-19(14)16(20)21/h1-2,5-6,9,14H,3-4,7-8H2,(H,20,21). The summed E-state index contributed by atoms with van der Waals surface area (Å²) < 4.78 is 0. The van der Waals surface area contributed by atoms with Crippen LogP contribution in [-0.2, 0) is 0 Å². The highest BCUT2D eigenvalue weighted by atomic mass is 35.5. The molecule has 21 heavy (non-hydrogen) atoms. The lowest BCUT2D eigenvalue weighted by atomic mass is 9.91. The van der Waals surface area contributed by atoms with Crippen LogP contribution in [0.5, 0.6) is 0 Å². The Morgan fingerprint density at radius 2 is 1.86 bits per heavy atom. The van der Waals surface area contributed by atoms with Crippen LogP contribution in [0.15, 0.2) is 30.3 Å². The normalized spacial score (nSPS) is 19.0. The number of carboxylic acid groups (broad SMARTS) is 1. The predicted molar refractivity (Wildman–Crippen MR) is 85.3 cm³/mol. The molecule has 1 atom stereocenters. The molecule has 1 fully saturated rings. The van der Waals surface area contributed by atoms with Gasteiger partial charge < -0.3 is 10.0 Å². The Balaban J connectivity index is 2.21. The Hall–Kier alpha value is -1.45. The number of benzene rings is 2. The number of rotatable bonds is 1. The first-order valence-corrected chi connectivity index (χ1v) is 7.71. The molecule has 0 aliphatic carbocycles. The van der Waals surface area contributed by atoms with Crippen molar-refractivity contribution in [2.24, 2.45) is 0 Å². The number of likely N-dealkylation sites (tertiary alicyclic amines) is 1. The molecule has 1 unspecified atom stereocenters. The molecule has 5 heteroatoms. The van der Waals surface area contributed by atoms with Crippen molar-refractivity contribution < 1.29 is 9.90 Å². The summed E-state index contributed by atoms with van der Waals surface area (Å²) in [4.78, 5) is 13.0. The second kappa shape index (κ2) is 5.74. The lowest BCUT2D eigenvalue weighted by Crippen LogP contribution is -2.37. The van der Waals surface area contributed by atoms with Crippen LogP contribution in [-0.4, -0.2) is 22.6 Å². The van der Waals surface area contributed by atoms with Crippen molar-refractivity contribution in [1.82, 2.24) is 4.90 Å². The molecule has 3 nitrogen and oxygen atoms in total. The molecule has 2 aromatic carbocycles. The largest absolute Gasteiger partial charge is 0.465 e. The van der Waals surface area contributed by atoms with Crippen molar-refractivity contribution >= 4 is 40.1 Å². The van der Waals surface area contributed by atoms with Crippen molar-refractivity contribution in [3.05, 3.63) is 45.9 Å². The third kappa shape index (κ3) is 2.56. The summed E-state index contributed by atoms with van der Waals surface area (Å²) in [6.07, 6.45) is 1.79. The second-order valence-electron chi connectivity index (χ2n) is 5.29. The molecule has 1 N–H and O–H groups in total. The van der Waals surface area contributed by atoms with Crippen LogP contribution in [0, 0.1) is 0 Å². The van der Waals surface area contributed by atoms with Crippen LogP contribution in [0.4, 0.5) is 4.79 Å². The highest BCUT2D eigenvalue weighted by Gasteiger charge is 2.30. The van der Waals surface area contributed by atoms with Gasteiger partial charge in [-0.05, 0) is 30.7 Å². The number of nitrogens with zero attached hydrogens (tertiary/aromatic N) is 1. The van der Waals surface area contributed by atoms with Gasteiger partial charge >= 0.3 is 6.09 Å². The SMILES string of the molecule is O=C(O)N1CCCCC1c1c(Cl)cc(Cl)c2ccccc12. The van der Waals surface area contributed by atoms with Gasteiger partial charge in [0, 0.05) is 27.5 Å². The molecule has 0 spiro atoms. The van der Waals surface area contributed by atoms with E-state index in [-0.39, 0.29) is 6.04 Å². The van der Waals surface area contributed by atoms with Gasteiger partial charge in [0.2, 0.25) is 0 Å². The van der Waals surface area contributed by atoms with E-state index in [2.05, 4.69) is 0 Å². The highest BCUT2D eigenvalue weighted by Crippen LogP contribution is 2.41. The maximum absolute atomic E-state index is 11.5. The number of halogens is 2. The molecule has 1 aliphatic heterocycles. The summed E-state index contributed by atoms with van der Waals surface area (Å²) in [5.41, 5.74) is 0.874. The van der Waals surface area contributed by atoms with Crippen molar-refractivity contribution in [3.63, 3.8) is 0 Å². The number of hydrogen-bond acceptors (Lipinski definition) is 1. The van der Waals surface area contributed by atoms with E-state index in [1.165, 1.54) is 4.90 Å². The molecular weight excluding hydrogens is 309 g/mol. The molecule has 0 radical (unpaired) electrons. The maximum atomic E-state index is 11.5. The van der Waals surface area contributed by atoms with Crippen LogP contribution in [0.25, 0.3) is 10.8 Å². The topological polar surface area (TPSA) is 40.5 Å². The number of carbonyl (C=O) groups is 1. The molecule has 0 bridgehead atoms. The minimum atomic E-state index is -0.894. The Labute approximate surface area is 133 Å². The van der Waals surface area contributed by atoms with E-state index in [1.807, 2.05) is 24.3 Å². The average Bonchev–Trinajstić information content (AvgIpc) is 2.47. The van der Waals surface area contributed by atoms with Gasteiger partial charge in [-0.15, -0.1) is 0 Å². The smallest absolute Gasteiger partial charge is 0.407 e. The number of hydrogen-bond donors (Lipinski definition) is 1. The zero-order chi connectivity index (χ0) is 15.0. The van der Waals surface area contributed by atoms with Crippen molar-refractivity contribution in [3.8, 4) is 0 Å². The fourth-order valence-electron chi connectivity index (χ4n) is 3.12. The van der Waals surface area contributed by atoms with Gasteiger partial charge in [0.05, 0.1) is 6.04 Å². The maximum Gasteiger partial charge on any atom is 0.407 e. The molecule has 0 saturated carbocycles. The van der Waals surface area contributed by atoms with Crippen LogP contribution >= 0.6 is 23.2 Å². The summed E-state index contributed by atoms with van der Waals surface area (Å²) >= 11 is 12.7. The van der Waals surface area contributed by atoms with Crippen LogP contribution in [0.3, 0.4) is 0 Å². The monoisotopic (exact) mass is 323 g/mol. The van der Waals surface area contributed by atoms with E-state index in [9.17, 15) is 9.90 Å². The van der Waals surface area contributed by atoms with Gasteiger partial charge in [0.15, 0.2) is 0 Å². The summed E-state index contributed by atoms with van der Waals surface area (Å²) in [7, 11) is 0. The molecule has 1 aliphatic rings. The van der Waals surface area contributed by atoms with E-state index in [0.717, 1.165) is 35.6 Å². The van der Waals surface area contributed by atoms with Gasteiger partial charge in [-0.2, -0.15) is 0 Å². The van der Waals surface area contributed by atoms with E-state index >= 15 is 0 Å². The fraction of sp³-hybridized carbons (Fsp3) is 0.312. The Bertz CT molecular complexity index is 702. The van der Waals surface area contributed by atoms with E-state index in [0.29, 0.717) is 16.6 Å². The first-order valence-electron chi connectivity index (χ1n) is 6.96. The number of piperidine rings is 1. The second-order valence-corrected chi connectivity index (χ2v) is 6.10. The molecule has 1 saturated heterocycles. The minimum Gasteiger partial charge on any atom is -0.465 e. The molecule has 3 rings (SSSR count). The summed E-state index contributed by atoms with van der Waals surface area (Å²) in [5.74, 6) is 0. The van der Waals surface area contributed by atoms with Gasteiger partial charge in [0.1, 0.15) is 0 Å². The van der Waals surface area contributed by atoms with Crippen LogP contribution in [0.2, 0.25) is 10.0 Å². The number of fused-ring (bicyclic) bond motifs is 1. The number of amides is 1. The summed E-state index contributed by atoms with van der Waals surface area (Å²) in [6, 6.07) is 9.25. The third-order valence-electron chi connectivity index (χ3n) is 4.07. The van der Waals surface area contributed by atoms with E-state index < -0.39 is 6.09 Å². The first-order chi connectivity index (χ1) is 10.1. The Morgan fingerprint density at radius 3 is 2.57 bits per heavy atom. The van der Waals surface area contributed by atoms with Gasteiger partial charge in [0.25, 0.3) is 0 Å². The molecule has 0 aromatic heterocycles. The predicted octanol–water partition coefficient (Wildman–Crippen LogP) is 5.35. The van der Waals surface area contributed by atoms with E-state index in [4.69, 9.17) is 23.2 Å². The Morgan fingerprint density at radius 1 is 1.14 bits per heavy atom. The van der Waals surface area contributed by atoms with Gasteiger partial charge in [-0.1, -0.05) is 47.5 Å². The summed E-state index contributed by atoms with van der Waals surface area (Å²) in [6.45, 7) is 0.549. The fourth-order valence-corrected chi connectivity index (χ4v) is 3.79. The molecule has 110 valence electrons. The molecular formula is C16H15Cl2NO2. The first kappa shape index (κ1) is 14.5. The summed E-state index contributed by atoms with van der Waals surface area (Å²) in [5, 5.41) is 12.4. The lowest BCUT2D eigenvalue weighted by molar-refractivity contribution is 0.107. The van der Waals surface area contributed by atoms with Gasteiger partial charge in [-0.25, -0.2) is 4.79 Å². The van der Waals surface area contributed by atoms with Gasteiger partial charge in [-0.3, -0.25) is 0 Å². The van der Waals surface area contributed by atoms with Crippen LogP contribution < -0.4 is 0 Å².